The largest absolute Gasteiger partial charge is 0.489 e. The van der Waals surface area contributed by atoms with Crippen LogP contribution in [-0.4, -0.2) is 14.8 Å². The van der Waals surface area contributed by atoms with E-state index in [0.717, 1.165) is 11.3 Å². The summed E-state index contributed by atoms with van der Waals surface area (Å²) in [5.41, 5.74) is 3.29. The molecule has 3 heterocycles. The Labute approximate surface area is 172 Å². The number of ether oxygens (including phenoxy) is 1. The number of pyridine rings is 1. The topological polar surface area (TPSA) is 70.2 Å². The molecule has 3 aromatic heterocycles. The lowest BCUT2D eigenvalue weighted by Crippen LogP contribution is -2.05. The Morgan fingerprint density at radius 1 is 1.00 bits per heavy atom. The highest BCUT2D eigenvalue weighted by Gasteiger charge is 2.11. The van der Waals surface area contributed by atoms with Crippen LogP contribution in [0.4, 0.5) is 0 Å². The van der Waals surface area contributed by atoms with Crippen LogP contribution in [0, 0.1) is 0 Å². The van der Waals surface area contributed by atoms with Crippen molar-refractivity contribution in [3.63, 3.8) is 0 Å². The summed E-state index contributed by atoms with van der Waals surface area (Å²) < 4.78 is 13.4. The van der Waals surface area contributed by atoms with Crippen molar-refractivity contribution in [1.29, 1.82) is 0 Å². The summed E-state index contributed by atoms with van der Waals surface area (Å²) in [6.07, 6.45) is 6.79. The summed E-state index contributed by atoms with van der Waals surface area (Å²) in [4.78, 5) is 17.0. The van der Waals surface area contributed by atoms with Crippen molar-refractivity contribution in [3.8, 4) is 22.7 Å². The number of benzene rings is 2. The number of fused-ring (bicyclic) bond motifs is 1. The van der Waals surface area contributed by atoms with Gasteiger partial charge in [-0.3, -0.25) is 9.78 Å². The maximum Gasteiger partial charge on any atom is 0.202 e. The van der Waals surface area contributed by atoms with Gasteiger partial charge in [0.15, 0.2) is 0 Å². The lowest BCUT2D eigenvalue weighted by molar-refractivity contribution is 0.306. The van der Waals surface area contributed by atoms with Gasteiger partial charge in [0, 0.05) is 24.0 Å². The molecule has 0 amide bonds. The summed E-state index contributed by atoms with van der Waals surface area (Å²) in [5.74, 6) is 0.615. The highest BCUT2D eigenvalue weighted by atomic mass is 16.5. The second kappa shape index (κ2) is 7.67. The van der Waals surface area contributed by atoms with Gasteiger partial charge in [0.1, 0.15) is 24.2 Å². The smallest absolute Gasteiger partial charge is 0.202 e. The van der Waals surface area contributed by atoms with E-state index in [-0.39, 0.29) is 5.43 Å². The summed E-state index contributed by atoms with van der Waals surface area (Å²) in [5, 5.41) is 4.86. The molecule has 0 saturated heterocycles. The minimum Gasteiger partial charge on any atom is -0.489 e. The molecule has 30 heavy (non-hydrogen) atoms. The fourth-order valence-electron chi connectivity index (χ4n) is 3.22. The first-order chi connectivity index (χ1) is 14.8. The number of nitrogens with zero attached hydrogens (tertiary/aromatic N) is 3. The van der Waals surface area contributed by atoms with E-state index in [4.69, 9.17) is 9.15 Å². The fourth-order valence-corrected chi connectivity index (χ4v) is 3.22. The van der Waals surface area contributed by atoms with Crippen molar-refractivity contribution in [2.24, 2.45) is 0 Å². The van der Waals surface area contributed by atoms with Gasteiger partial charge in [-0.15, -0.1) is 0 Å². The van der Waals surface area contributed by atoms with Crippen molar-refractivity contribution in [3.05, 3.63) is 107 Å². The first kappa shape index (κ1) is 17.9. The monoisotopic (exact) mass is 395 g/mol. The van der Waals surface area contributed by atoms with Crippen LogP contribution in [0.5, 0.6) is 5.75 Å². The number of hydrogen-bond acceptors (Lipinski definition) is 5. The van der Waals surface area contributed by atoms with Crippen LogP contribution >= 0.6 is 0 Å². The van der Waals surface area contributed by atoms with E-state index in [1.807, 2.05) is 42.6 Å². The summed E-state index contributed by atoms with van der Waals surface area (Å²) in [7, 11) is 0. The lowest BCUT2D eigenvalue weighted by atomic mass is 10.1. The first-order valence-corrected chi connectivity index (χ1v) is 9.47. The second-order valence-electron chi connectivity index (χ2n) is 6.77. The van der Waals surface area contributed by atoms with Crippen LogP contribution in [0.15, 0.2) is 101 Å². The van der Waals surface area contributed by atoms with Crippen molar-refractivity contribution in [2.75, 3.05) is 0 Å². The van der Waals surface area contributed by atoms with Gasteiger partial charge in [0.05, 0.1) is 28.5 Å². The Bertz CT molecular complexity index is 1360. The fraction of sp³-hybridized carbons (Fsp3) is 0.0417. The van der Waals surface area contributed by atoms with Gasteiger partial charge in [0.25, 0.3) is 0 Å². The van der Waals surface area contributed by atoms with Gasteiger partial charge in [-0.25, -0.2) is 4.68 Å². The molecule has 0 atom stereocenters. The molecule has 0 aliphatic carbocycles. The molecule has 0 fully saturated rings. The average molecular weight is 395 g/mol. The minimum atomic E-state index is -0.120. The van der Waals surface area contributed by atoms with Crippen LogP contribution in [-0.2, 0) is 6.61 Å². The van der Waals surface area contributed by atoms with E-state index in [1.54, 1.807) is 47.4 Å². The maximum atomic E-state index is 12.8. The van der Waals surface area contributed by atoms with Gasteiger partial charge >= 0.3 is 0 Å². The van der Waals surface area contributed by atoms with Gasteiger partial charge in [-0.1, -0.05) is 24.3 Å². The van der Waals surface area contributed by atoms with E-state index in [2.05, 4.69) is 10.1 Å². The van der Waals surface area contributed by atoms with Crippen LogP contribution in [0.1, 0.15) is 5.56 Å². The maximum absolute atomic E-state index is 12.8. The van der Waals surface area contributed by atoms with Crippen LogP contribution in [0.25, 0.3) is 27.9 Å². The molecule has 0 spiro atoms. The van der Waals surface area contributed by atoms with Crippen LogP contribution in [0.3, 0.4) is 0 Å². The number of aromatic nitrogens is 3. The molecule has 0 aliphatic heterocycles. The number of para-hydroxylation sites is 1. The van der Waals surface area contributed by atoms with Gasteiger partial charge in [-0.2, -0.15) is 5.10 Å². The Hall–Kier alpha value is -4.19. The van der Waals surface area contributed by atoms with E-state index in [9.17, 15) is 4.79 Å². The average Bonchev–Trinajstić information content (AvgIpc) is 3.28. The summed E-state index contributed by atoms with van der Waals surface area (Å²) in [6, 6.07) is 20.5. The summed E-state index contributed by atoms with van der Waals surface area (Å²) >= 11 is 0. The third kappa shape index (κ3) is 3.46. The molecule has 146 valence electrons. The molecule has 0 radical (unpaired) electrons. The lowest BCUT2D eigenvalue weighted by Gasteiger charge is -2.06. The molecule has 6 heteroatoms. The van der Waals surface area contributed by atoms with E-state index in [1.165, 1.54) is 6.26 Å². The predicted molar refractivity (Wildman–Crippen MR) is 114 cm³/mol. The second-order valence-corrected chi connectivity index (χ2v) is 6.77. The molecule has 0 N–H and O–H groups in total. The molecule has 0 unspecified atom stereocenters. The van der Waals surface area contributed by atoms with Crippen molar-refractivity contribution >= 4 is 11.0 Å². The SMILES string of the molecule is O=c1c(-c2ccccn2)coc2cc(OCc3cnn(-c4ccccc4)c3)ccc12. The van der Waals surface area contributed by atoms with Crippen LogP contribution < -0.4 is 10.2 Å². The molecule has 2 aromatic carbocycles. The van der Waals surface area contributed by atoms with Crippen molar-refractivity contribution in [2.45, 2.75) is 6.61 Å². The van der Waals surface area contributed by atoms with E-state index >= 15 is 0 Å². The first-order valence-electron chi connectivity index (χ1n) is 9.47. The van der Waals surface area contributed by atoms with E-state index in [0.29, 0.717) is 34.6 Å². The molecule has 0 saturated carbocycles. The third-order valence-corrected chi connectivity index (χ3v) is 4.75. The molecule has 5 aromatic rings. The molecule has 5 rings (SSSR count). The molecule has 0 aliphatic rings. The molecule has 0 bridgehead atoms. The van der Waals surface area contributed by atoms with Crippen molar-refractivity contribution in [1.82, 2.24) is 14.8 Å². The Balaban J connectivity index is 1.36. The Morgan fingerprint density at radius 2 is 1.87 bits per heavy atom. The summed E-state index contributed by atoms with van der Waals surface area (Å²) in [6.45, 7) is 0.356. The Morgan fingerprint density at radius 3 is 2.70 bits per heavy atom. The minimum absolute atomic E-state index is 0.120. The molecular formula is C24H17N3O3. The highest BCUT2D eigenvalue weighted by Crippen LogP contribution is 2.23. The molecular weight excluding hydrogens is 378 g/mol. The zero-order chi connectivity index (χ0) is 20.3. The zero-order valence-corrected chi connectivity index (χ0v) is 15.9. The third-order valence-electron chi connectivity index (χ3n) is 4.75. The zero-order valence-electron chi connectivity index (χ0n) is 15.9. The number of hydrogen-bond donors (Lipinski definition) is 0. The van der Waals surface area contributed by atoms with E-state index < -0.39 is 0 Å². The van der Waals surface area contributed by atoms with Crippen LogP contribution in [0.2, 0.25) is 0 Å². The van der Waals surface area contributed by atoms with Gasteiger partial charge < -0.3 is 9.15 Å². The standard InChI is InChI=1S/C24H17N3O3/c28-24-20-10-9-19(12-23(20)30-16-21(24)22-8-4-5-11-25-22)29-15-17-13-26-27(14-17)18-6-2-1-3-7-18/h1-14,16H,15H2. The van der Waals surface area contributed by atoms with Gasteiger partial charge in [0.2, 0.25) is 5.43 Å². The predicted octanol–water partition coefficient (Wildman–Crippen LogP) is 4.62. The number of rotatable bonds is 5. The quantitative estimate of drug-likeness (QED) is 0.434. The molecule has 6 nitrogen and oxygen atoms in total. The van der Waals surface area contributed by atoms with Crippen molar-refractivity contribution < 1.29 is 9.15 Å². The normalized spacial score (nSPS) is 10.9. The van der Waals surface area contributed by atoms with Gasteiger partial charge in [-0.05, 0) is 36.4 Å². The Kier molecular flexibility index (Phi) is 4.57. The highest BCUT2D eigenvalue weighted by molar-refractivity contribution is 5.81.